The lowest BCUT2D eigenvalue weighted by Crippen LogP contribution is -2.36. The fourth-order valence-electron chi connectivity index (χ4n) is 3.37. The molecule has 174 valence electrons. The summed E-state index contributed by atoms with van der Waals surface area (Å²) in [5.74, 6) is -0.318. The molecule has 0 fully saturated rings. The van der Waals surface area contributed by atoms with Gasteiger partial charge in [0.2, 0.25) is 10.4 Å². The molecule has 3 N–H and O–H groups in total. The Morgan fingerprint density at radius 1 is 1.06 bits per heavy atom. The summed E-state index contributed by atoms with van der Waals surface area (Å²) in [7, 11) is 2.84. The van der Waals surface area contributed by atoms with E-state index in [0.29, 0.717) is 33.6 Å². The van der Waals surface area contributed by atoms with E-state index in [4.69, 9.17) is 5.73 Å². The summed E-state index contributed by atoms with van der Waals surface area (Å²) >= 11 is 0. The summed E-state index contributed by atoms with van der Waals surface area (Å²) in [6.07, 6.45) is 0.959. The van der Waals surface area contributed by atoms with E-state index < -0.39 is 10.4 Å². The first-order chi connectivity index (χ1) is 14.8. The van der Waals surface area contributed by atoms with Crippen molar-refractivity contribution in [3.05, 3.63) is 58.1 Å². The summed E-state index contributed by atoms with van der Waals surface area (Å²) in [5, 5.41) is 3.36. The van der Waals surface area contributed by atoms with Crippen LogP contribution in [0.25, 0.3) is 0 Å². The van der Waals surface area contributed by atoms with Crippen LogP contribution in [0.5, 0.6) is 0 Å². The minimum atomic E-state index is -4.41. The van der Waals surface area contributed by atoms with Crippen LogP contribution in [0.1, 0.15) is 43.8 Å². The molecule has 1 aliphatic rings. The zero-order valence-corrected chi connectivity index (χ0v) is 19.7. The van der Waals surface area contributed by atoms with Gasteiger partial charge in [0.1, 0.15) is 0 Å². The summed E-state index contributed by atoms with van der Waals surface area (Å²) in [4.78, 5) is 26.1. The van der Waals surface area contributed by atoms with Gasteiger partial charge in [-0.05, 0) is 18.6 Å². The summed E-state index contributed by atoms with van der Waals surface area (Å²) in [6, 6.07) is 8.81. The molecule has 0 amide bonds. The molecule has 10 heteroatoms. The predicted molar refractivity (Wildman–Crippen MR) is 122 cm³/mol. The Morgan fingerprint density at radius 3 is 2.03 bits per heavy atom. The molecule has 0 aromatic heterocycles. The van der Waals surface area contributed by atoms with Crippen molar-refractivity contribution in [2.24, 2.45) is 0 Å². The number of carbonyl (C=O) groups excluding carboxylic acids is 2. The van der Waals surface area contributed by atoms with Gasteiger partial charge in [-0.3, -0.25) is 13.8 Å². The maximum Gasteiger partial charge on any atom is 0.217 e. The quantitative estimate of drug-likeness (QED) is 0.186. The third-order valence-corrected chi connectivity index (χ3v) is 5.38. The molecule has 0 atom stereocenters. The molecule has 0 saturated heterocycles. The number of carbonyl (C=O) groups is 2. The minimum absolute atomic E-state index is 0.143. The van der Waals surface area contributed by atoms with Gasteiger partial charge in [-0.15, -0.1) is 0 Å². The standard InChI is InChI=1S/C21H25N3O2.CH4O4S/c1-13-12-16(23-10-7-11-24(2,3)4)17-18(19(13)22)21(26)15-9-6-5-8-14(15)20(17)25;1-5-6(2,3)4/h5-6,8-9,12H,7,10-11H2,1-4H3,(H2-,22,23,25,26);1H3,(H,2,3,4). The molecule has 3 rings (SSSR count). The third-order valence-electron chi connectivity index (χ3n) is 4.97. The number of nitrogens with zero attached hydrogens (tertiary/aromatic N) is 1. The number of fused-ring (bicyclic) bond motifs is 2. The molecule has 1 aliphatic carbocycles. The van der Waals surface area contributed by atoms with Crippen molar-refractivity contribution < 1.29 is 31.2 Å². The SMILES string of the molecule is COS(=O)(=O)[O-].Cc1cc(NCCC[N+](C)(C)C)c2c(c1N)C(=O)c1ccccc1C2=O. The van der Waals surface area contributed by atoms with E-state index in [1.54, 1.807) is 24.3 Å². The molecular weight excluding hydrogens is 434 g/mol. The number of nitrogen functional groups attached to an aromatic ring is 1. The highest BCUT2D eigenvalue weighted by Gasteiger charge is 2.34. The van der Waals surface area contributed by atoms with Crippen LogP contribution in [-0.4, -0.2) is 70.4 Å². The second-order valence-electron chi connectivity index (χ2n) is 8.48. The first-order valence-corrected chi connectivity index (χ1v) is 11.3. The molecule has 0 heterocycles. The molecule has 0 radical (unpaired) electrons. The second kappa shape index (κ2) is 9.78. The zero-order chi connectivity index (χ0) is 24.3. The van der Waals surface area contributed by atoms with Crippen LogP contribution in [0.4, 0.5) is 11.4 Å². The van der Waals surface area contributed by atoms with Crippen LogP contribution in [0, 0.1) is 6.92 Å². The van der Waals surface area contributed by atoms with Crippen molar-refractivity contribution in [3.63, 3.8) is 0 Å². The molecule has 0 saturated carbocycles. The Kier molecular flexibility index (Phi) is 7.79. The normalized spacial score (nSPS) is 13.1. The molecule has 0 unspecified atom stereocenters. The van der Waals surface area contributed by atoms with E-state index in [1.807, 2.05) is 13.0 Å². The lowest BCUT2D eigenvalue weighted by molar-refractivity contribution is -0.870. The summed E-state index contributed by atoms with van der Waals surface area (Å²) in [6.45, 7) is 3.61. The van der Waals surface area contributed by atoms with Crippen molar-refractivity contribution >= 4 is 33.3 Å². The highest BCUT2D eigenvalue weighted by molar-refractivity contribution is 7.80. The number of ketones is 2. The monoisotopic (exact) mass is 463 g/mol. The Balaban J connectivity index is 0.000000534. The van der Waals surface area contributed by atoms with Gasteiger partial charge in [-0.1, -0.05) is 24.3 Å². The predicted octanol–water partition coefficient (Wildman–Crippen LogP) is 1.95. The molecule has 32 heavy (non-hydrogen) atoms. The Bertz CT molecular complexity index is 1140. The first kappa shape index (κ1) is 25.5. The van der Waals surface area contributed by atoms with E-state index in [9.17, 15) is 22.6 Å². The Labute approximate surface area is 188 Å². The van der Waals surface area contributed by atoms with Crippen LogP contribution < -0.4 is 11.1 Å². The third kappa shape index (κ3) is 6.13. The molecule has 2 aromatic rings. The van der Waals surface area contributed by atoms with Crippen molar-refractivity contribution in [1.82, 2.24) is 0 Å². The highest BCUT2D eigenvalue weighted by atomic mass is 32.3. The maximum absolute atomic E-state index is 13.1. The van der Waals surface area contributed by atoms with E-state index in [-0.39, 0.29) is 11.6 Å². The number of nitrogens with one attached hydrogen (secondary N) is 1. The van der Waals surface area contributed by atoms with Crippen LogP contribution in [0.2, 0.25) is 0 Å². The fourth-order valence-corrected chi connectivity index (χ4v) is 3.37. The van der Waals surface area contributed by atoms with Crippen LogP contribution in [0.15, 0.2) is 30.3 Å². The van der Waals surface area contributed by atoms with Crippen LogP contribution >= 0.6 is 0 Å². The molecule has 2 aromatic carbocycles. The highest BCUT2D eigenvalue weighted by Crippen LogP contribution is 2.37. The van der Waals surface area contributed by atoms with Crippen molar-refractivity contribution in [2.45, 2.75) is 13.3 Å². The molecule has 0 bridgehead atoms. The number of benzene rings is 2. The molecule has 9 nitrogen and oxygen atoms in total. The van der Waals surface area contributed by atoms with Gasteiger partial charge in [0.15, 0.2) is 11.6 Å². The van der Waals surface area contributed by atoms with Gasteiger partial charge in [0.25, 0.3) is 0 Å². The van der Waals surface area contributed by atoms with Gasteiger partial charge in [0, 0.05) is 35.5 Å². The van der Waals surface area contributed by atoms with Gasteiger partial charge in [-0.25, -0.2) is 8.42 Å². The zero-order valence-electron chi connectivity index (χ0n) is 18.9. The van der Waals surface area contributed by atoms with E-state index in [2.05, 4.69) is 30.6 Å². The van der Waals surface area contributed by atoms with Crippen molar-refractivity contribution in [2.75, 3.05) is 52.4 Å². The van der Waals surface area contributed by atoms with Crippen LogP contribution in [0.3, 0.4) is 0 Å². The Morgan fingerprint density at radius 2 is 1.56 bits per heavy atom. The average molecular weight is 464 g/mol. The number of aryl methyl sites for hydroxylation is 1. The lowest BCUT2D eigenvalue weighted by Gasteiger charge is -2.25. The first-order valence-electron chi connectivity index (χ1n) is 9.94. The largest absolute Gasteiger partial charge is 0.726 e. The number of nitrogens with two attached hydrogens (primary N) is 1. The molecular formula is C22H29N3O6S. The minimum Gasteiger partial charge on any atom is -0.726 e. The molecule has 0 spiro atoms. The number of anilines is 2. The van der Waals surface area contributed by atoms with E-state index in [1.165, 1.54) is 0 Å². The Hall–Kier alpha value is -2.79. The van der Waals surface area contributed by atoms with Crippen molar-refractivity contribution in [1.29, 1.82) is 0 Å². The lowest BCUT2D eigenvalue weighted by atomic mass is 9.81. The average Bonchev–Trinajstić information content (AvgIpc) is 2.71. The van der Waals surface area contributed by atoms with Gasteiger partial charge in [-0.2, -0.15) is 0 Å². The topological polar surface area (TPSA) is 139 Å². The number of hydrogen-bond donors (Lipinski definition) is 2. The number of hydrogen-bond acceptors (Lipinski definition) is 8. The maximum atomic E-state index is 13.1. The van der Waals surface area contributed by atoms with Crippen molar-refractivity contribution in [3.8, 4) is 0 Å². The van der Waals surface area contributed by atoms with Gasteiger partial charge in [0.05, 0.1) is 45.9 Å². The van der Waals surface area contributed by atoms with Gasteiger partial charge < -0.3 is 20.1 Å². The summed E-state index contributed by atoms with van der Waals surface area (Å²) < 4.78 is 31.9. The summed E-state index contributed by atoms with van der Waals surface area (Å²) in [5.41, 5.74) is 9.70. The second-order valence-corrected chi connectivity index (χ2v) is 9.63. The molecule has 0 aliphatic heterocycles. The van der Waals surface area contributed by atoms with Gasteiger partial charge >= 0.3 is 0 Å². The van der Waals surface area contributed by atoms with E-state index >= 15 is 0 Å². The van der Waals surface area contributed by atoms with Crippen LogP contribution in [-0.2, 0) is 14.6 Å². The number of rotatable bonds is 6. The fraction of sp³-hybridized carbons (Fsp3) is 0.364. The van der Waals surface area contributed by atoms with E-state index in [0.717, 1.165) is 36.7 Å². The number of quaternary nitrogens is 1. The smallest absolute Gasteiger partial charge is 0.217 e.